The van der Waals surface area contributed by atoms with Crippen LogP contribution in [0.5, 0.6) is 5.75 Å². The molecular formula is C15H22N2O. The first kappa shape index (κ1) is 12.0. The minimum Gasteiger partial charge on any atom is -0.497 e. The van der Waals surface area contributed by atoms with Gasteiger partial charge in [0.2, 0.25) is 0 Å². The highest BCUT2D eigenvalue weighted by Gasteiger charge is 2.26. The summed E-state index contributed by atoms with van der Waals surface area (Å²) in [5.74, 6) is 0.967. The fraction of sp³-hybridized carbons (Fsp3) is 0.600. The predicted molar refractivity (Wildman–Crippen MR) is 72.9 cm³/mol. The molecule has 0 aromatic heterocycles. The second kappa shape index (κ2) is 5.29. The number of nitrogens with one attached hydrogen (secondary N) is 1. The third-order valence-corrected chi connectivity index (χ3v) is 4.19. The van der Waals surface area contributed by atoms with Gasteiger partial charge in [0.25, 0.3) is 0 Å². The van der Waals surface area contributed by atoms with E-state index < -0.39 is 0 Å². The number of fused-ring (bicyclic) bond motifs is 1. The van der Waals surface area contributed by atoms with Gasteiger partial charge in [0.05, 0.1) is 7.11 Å². The van der Waals surface area contributed by atoms with E-state index in [9.17, 15) is 0 Å². The molecule has 2 heterocycles. The van der Waals surface area contributed by atoms with E-state index in [4.69, 9.17) is 4.74 Å². The van der Waals surface area contributed by atoms with Crippen molar-refractivity contribution in [2.24, 2.45) is 0 Å². The van der Waals surface area contributed by atoms with E-state index in [0.29, 0.717) is 6.04 Å². The summed E-state index contributed by atoms with van der Waals surface area (Å²) in [6.45, 7) is 4.55. The van der Waals surface area contributed by atoms with Crippen LogP contribution in [0, 0.1) is 0 Å². The predicted octanol–water partition coefficient (Wildman–Crippen LogP) is 2.33. The number of hydrogen-bond donors (Lipinski definition) is 1. The van der Waals surface area contributed by atoms with Gasteiger partial charge in [-0.1, -0.05) is 12.5 Å². The zero-order chi connectivity index (χ0) is 12.4. The molecule has 3 nitrogen and oxygen atoms in total. The third kappa shape index (κ3) is 2.25. The zero-order valence-corrected chi connectivity index (χ0v) is 11.1. The average Bonchev–Trinajstić information content (AvgIpc) is 2.47. The van der Waals surface area contributed by atoms with E-state index in [0.717, 1.165) is 18.8 Å². The minimum absolute atomic E-state index is 0.556. The van der Waals surface area contributed by atoms with E-state index in [1.807, 2.05) is 0 Å². The lowest BCUT2D eigenvalue weighted by molar-refractivity contribution is 0.154. The number of hydrogen-bond acceptors (Lipinski definition) is 3. The standard InChI is InChI=1S/C15H22N2O/c1-18-13-5-6-14-12(9-13)10-16-11-15(14)17-7-3-2-4-8-17/h5-6,9,15-16H,2-4,7-8,10-11H2,1H3/t15-/m1/s1. The van der Waals surface area contributed by atoms with Crippen molar-refractivity contribution in [3.8, 4) is 5.75 Å². The monoisotopic (exact) mass is 246 g/mol. The molecule has 0 aliphatic carbocycles. The fourth-order valence-electron chi connectivity index (χ4n) is 3.20. The smallest absolute Gasteiger partial charge is 0.119 e. The molecule has 2 aliphatic heterocycles. The van der Waals surface area contributed by atoms with Crippen LogP contribution in [0.1, 0.15) is 36.4 Å². The molecule has 0 bridgehead atoms. The quantitative estimate of drug-likeness (QED) is 0.866. The molecule has 1 aromatic rings. The Hall–Kier alpha value is -1.06. The fourth-order valence-corrected chi connectivity index (χ4v) is 3.20. The largest absolute Gasteiger partial charge is 0.497 e. The van der Waals surface area contributed by atoms with Gasteiger partial charge in [-0.25, -0.2) is 0 Å². The highest BCUT2D eigenvalue weighted by Crippen LogP contribution is 2.31. The first-order valence-corrected chi connectivity index (χ1v) is 7.00. The summed E-state index contributed by atoms with van der Waals surface area (Å²) < 4.78 is 5.32. The maximum atomic E-state index is 5.32. The number of likely N-dealkylation sites (tertiary alicyclic amines) is 1. The van der Waals surface area contributed by atoms with Crippen molar-refractivity contribution in [2.45, 2.75) is 31.8 Å². The molecule has 98 valence electrons. The van der Waals surface area contributed by atoms with Gasteiger partial charge in [-0.3, -0.25) is 4.90 Å². The van der Waals surface area contributed by atoms with Gasteiger partial charge >= 0.3 is 0 Å². The Morgan fingerprint density at radius 1 is 1.22 bits per heavy atom. The van der Waals surface area contributed by atoms with Crippen molar-refractivity contribution < 1.29 is 4.74 Å². The Morgan fingerprint density at radius 3 is 2.83 bits per heavy atom. The number of benzene rings is 1. The summed E-state index contributed by atoms with van der Waals surface area (Å²) in [7, 11) is 1.74. The Kier molecular flexibility index (Phi) is 3.52. The van der Waals surface area contributed by atoms with Crippen LogP contribution in [-0.2, 0) is 6.54 Å². The summed E-state index contributed by atoms with van der Waals surface area (Å²) in [6.07, 6.45) is 4.09. The van der Waals surface area contributed by atoms with E-state index in [2.05, 4.69) is 28.4 Å². The lowest BCUT2D eigenvalue weighted by Crippen LogP contribution is -2.42. The highest BCUT2D eigenvalue weighted by atomic mass is 16.5. The normalized spacial score (nSPS) is 24.6. The van der Waals surface area contributed by atoms with Crippen molar-refractivity contribution in [1.82, 2.24) is 10.2 Å². The summed E-state index contributed by atoms with van der Waals surface area (Å²) in [6, 6.07) is 7.09. The van der Waals surface area contributed by atoms with Crippen LogP contribution in [0.3, 0.4) is 0 Å². The molecule has 0 spiro atoms. The number of piperidine rings is 1. The van der Waals surface area contributed by atoms with Gasteiger partial charge in [-0.15, -0.1) is 0 Å². The van der Waals surface area contributed by atoms with Crippen molar-refractivity contribution in [1.29, 1.82) is 0 Å². The number of nitrogens with zero attached hydrogens (tertiary/aromatic N) is 1. The summed E-state index contributed by atoms with van der Waals surface area (Å²) in [5.41, 5.74) is 2.90. The van der Waals surface area contributed by atoms with Crippen LogP contribution in [0.25, 0.3) is 0 Å². The van der Waals surface area contributed by atoms with Crippen LogP contribution in [0.2, 0.25) is 0 Å². The van der Waals surface area contributed by atoms with Gasteiger partial charge in [0.1, 0.15) is 5.75 Å². The molecule has 1 aromatic carbocycles. The van der Waals surface area contributed by atoms with E-state index in [1.54, 1.807) is 7.11 Å². The summed E-state index contributed by atoms with van der Waals surface area (Å²) >= 11 is 0. The second-order valence-electron chi connectivity index (χ2n) is 5.31. The topological polar surface area (TPSA) is 24.5 Å². The Labute approximate surface area is 109 Å². The first-order valence-electron chi connectivity index (χ1n) is 7.00. The van der Waals surface area contributed by atoms with Crippen molar-refractivity contribution in [2.75, 3.05) is 26.7 Å². The van der Waals surface area contributed by atoms with Gasteiger partial charge in [-0.05, 0) is 49.2 Å². The molecule has 1 atom stereocenters. The molecule has 3 rings (SSSR count). The average molecular weight is 246 g/mol. The Morgan fingerprint density at radius 2 is 2.06 bits per heavy atom. The van der Waals surface area contributed by atoms with Crippen LogP contribution in [0.15, 0.2) is 18.2 Å². The van der Waals surface area contributed by atoms with Crippen molar-refractivity contribution >= 4 is 0 Å². The van der Waals surface area contributed by atoms with Gasteiger partial charge < -0.3 is 10.1 Å². The molecule has 0 unspecified atom stereocenters. The van der Waals surface area contributed by atoms with E-state index in [1.165, 1.54) is 43.5 Å². The van der Waals surface area contributed by atoms with Crippen LogP contribution < -0.4 is 10.1 Å². The molecule has 18 heavy (non-hydrogen) atoms. The molecule has 0 radical (unpaired) electrons. The van der Waals surface area contributed by atoms with Crippen molar-refractivity contribution in [3.05, 3.63) is 29.3 Å². The second-order valence-corrected chi connectivity index (χ2v) is 5.31. The number of methoxy groups -OCH3 is 1. The maximum absolute atomic E-state index is 5.32. The summed E-state index contributed by atoms with van der Waals surface area (Å²) in [4.78, 5) is 2.64. The zero-order valence-electron chi connectivity index (χ0n) is 11.1. The van der Waals surface area contributed by atoms with Crippen LogP contribution >= 0.6 is 0 Å². The van der Waals surface area contributed by atoms with E-state index >= 15 is 0 Å². The molecule has 0 saturated carbocycles. The van der Waals surface area contributed by atoms with Crippen LogP contribution in [0.4, 0.5) is 0 Å². The Balaban J connectivity index is 1.86. The van der Waals surface area contributed by atoms with Crippen LogP contribution in [-0.4, -0.2) is 31.6 Å². The van der Waals surface area contributed by atoms with Gasteiger partial charge in [-0.2, -0.15) is 0 Å². The summed E-state index contributed by atoms with van der Waals surface area (Å²) in [5, 5.41) is 3.54. The lowest BCUT2D eigenvalue weighted by Gasteiger charge is -2.38. The molecule has 2 aliphatic rings. The lowest BCUT2D eigenvalue weighted by atomic mass is 9.94. The highest BCUT2D eigenvalue weighted by molar-refractivity contribution is 5.39. The van der Waals surface area contributed by atoms with E-state index in [-0.39, 0.29) is 0 Å². The number of rotatable bonds is 2. The molecular weight excluding hydrogens is 224 g/mol. The molecule has 3 heteroatoms. The molecule has 1 N–H and O–H groups in total. The first-order chi connectivity index (χ1) is 8.88. The molecule has 0 amide bonds. The number of ether oxygens (including phenoxy) is 1. The maximum Gasteiger partial charge on any atom is 0.119 e. The minimum atomic E-state index is 0.556. The molecule has 1 saturated heterocycles. The SMILES string of the molecule is COc1ccc2c(c1)CNC[C@H]2N1CCCCC1. The Bertz CT molecular complexity index is 413. The third-order valence-electron chi connectivity index (χ3n) is 4.19. The molecule has 1 fully saturated rings. The van der Waals surface area contributed by atoms with Crippen molar-refractivity contribution in [3.63, 3.8) is 0 Å². The van der Waals surface area contributed by atoms with Gasteiger partial charge in [0.15, 0.2) is 0 Å². The van der Waals surface area contributed by atoms with Gasteiger partial charge in [0, 0.05) is 19.1 Å².